The van der Waals surface area contributed by atoms with Crippen LogP contribution >= 0.6 is 23.8 Å². The maximum atomic E-state index is 5.94. The summed E-state index contributed by atoms with van der Waals surface area (Å²) in [5, 5.41) is 4.89. The van der Waals surface area contributed by atoms with Gasteiger partial charge in [-0.15, -0.1) is 0 Å². The van der Waals surface area contributed by atoms with Crippen molar-refractivity contribution >= 4 is 28.8 Å². The quantitative estimate of drug-likeness (QED) is 0.466. The van der Waals surface area contributed by atoms with Crippen LogP contribution in [0.25, 0.3) is 16.8 Å². The molecule has 0 unspecified atom stereocenters. The molecule has 1 aliphatic heterocycles. The van der Waals surface area contributed by atoms with Crippen LogP contribution in [0.1, 0.15) is 41.7 Å². The molecule has 2 heterocycles. The van der Waals surface area contributed by atoms with Crippen molar-refractivity contribution in [1.82, 2.24) is 3.96 Å². The van der Waals surface area contributed by atoms with E-state index in [-0.39, 0.29) is 5.54 Å². The summed E-state index contributed by atoms with van der Waals surface area (Å²) in [6.45, 7) is 13.1. The Kier molecular flexibility index (Phi) is 3.90. The molecule has 0 saturated heterocycles. The Morgan fingerprint density at radius 3 is 2.19 bits per heavy atom. The van der Waals surface area contributed by atoms with Gasteiger partial charge in [0.2, 0.25) is 0 Å². The third-order valence-corrected chi connectivity index (χ3v) is 6.82. The van der Waals surface area contributed by atoms with Crippen LogP contribution in [0.5, 0.6) is 0 Å². The van der Waals surface area contributed by atoms with Gasteiger partial charge in [0.05, 0.1) is 16.8 Å². The molecule has 1 N–H and O–H groups in total. The maximum Gasteiger partial charge on any atom is 0.130 e. The summed E-state index contributed by atoms with van der Waals surface area (Å²) in [6, 6.07) is 11.2. The number of rotatable bonds is 1. The average molecular weight is 381 g/mol. The fourth-order valence-corrected chi connectivity index (χ4v) is 5.49. The number of hydrogen-bond donors (Lipinski definition) is 1. The molecule has 26 heavy (non-hydrogen) atoms. The highest BCUT2D eigenvalue weighted by atomic mass is 32.1. The zero-order valence-corrected chi connectivity index (χ0v) is 17.8. The van der Waals surface area contributed by atoms with Crippen molar-refractivity contribution in [2.45, 2.75) is 47.1 Å². The fourth-order valence-electron chi connectivity index (χ4n) is 3.83. The topological polar surface area (TPSA) is 17.0 Å². The minimum atomic E-state index is -0.117. The minimum Gasteiger partial charge on any atom is -0.366 e. The summed E-state index contributed by atoms with van der Waals surface area (Å²) in [5.41, 5.74) is 9.95. The lowest BCUT2D eigenvalue weighted by molar-refractivity contribution is 0.607. The van der Waals surface area contributed by atoms with E-state index in [1.165, 1.54) is 38.9 Å². The van der Waals surface area contributed by atoms with Crippen LogP contribution in [-0.4, -0.2) is 3.96 Å². The molecule has 0 atom stereocenters. The van der Waals surface area contributed by atoms with Crippen LogP contribution in [-0.2, 0) is 5.54 Å². The van der Waals surface area contributed by atoms with Gasteiger partial charge >= 0.3 is 0 Å². The number of nitrogens with one attached hydrogen (secondary N) is 1. The van der Waals surface area contributed by atoms with Crippen LogP contribution in [0.4, 0.5) is 5.00 Å². The van der Waals surface area contributed by atoms with Crippen LogP contribution in [0.3, 0.4) is 0 Å². The molecular formula is C22H24N2S2. The van der Waals surface area contributed by atoms with Gasteiger partial charge in [0, 0.05) is 0 Å². The third kappa shape index (κ3) is 2.63. The second-order valence-corrected chi connectivity index (χ2v) is 9.32. The Morgan fingerprint density at radius 1 is 0.923 bits per heavy atom. The number of benzene rings is 2. The molecule has 0 bridgehead atoms. The van der Waals surface area contributed by atoms with Crippen molar-refractivity contribution in [2.24, 2.45) is 0 Å². The first-order valence-electron chi connectivity index (χ1n) is 8.92. The molecule has 0 fully saturated rings. The lowest BCUT2D eigenvalue weighted by Crippen LogP contribution is -2.31. The molecule has 4 heteroatoms. The van der Waals surface area contributed by atoms with E-state index in [1.54, 1.807) is 11.5 Å². The summed E-state index contributed by atoms with van der Waals surface area (Å²) in [5.74, 6) is 0. The first-order valence-corrected chi connectivity index (χ1v) is 10.1. The van der Waals surface area contributed by atoms with Crippen LogP contribution < -0.4 is 5.32 Å². The van der Waals surface area contributed by atoms with Gasteiger partial charge in [-0.1, -0.05) is 30.4 Å². The van der Waals surface area contributed by atoms with Crippen molar-refractivity contribution in [3.8, 4) is 16.8 Å². The Morgan fingerprint density at radius 2 is 1.54 bits per heavy atom. The van der Waals surface area contributed by atoms with E-state index in [9.17, 15) is 0 Å². The number of aryl methyl sites for hydroxylation is 4. The van der Waals surface area contributed by atoms with Crippen molar-refractivity contribution in [2.75, 3.05) is 5.32 Å². The van der Waals surface area contributed by atoms with Crippen molar-refractivity contribution in [3.05, 3.63) is 62.8 Å². The van der Waals surface area contributed by atoms with E-state index in [1.807, 2.05) is 0 Å². The summed E-state index contributed by atoms with van der Waals surface area (Å²) in [7, 11) is 0. The van der Waals surface area contributed by atoms with E-state index in [0.717, 1.165) is 15.3 Å². The molecule has 3 aromatic rings. The second kappa shape index (κ2) is 5.80. The summed E-state index contributed by atoms with van der Waals surface area (Å²) < 4.78 is 3.08. The molecule has 1 aromatic heterocycles. The summed E-state index contributed by atoms with van der Waals surface area (Å²) >= 11 is 7.65. The van der Waals surface area contributed by atoms with Crippen molar-refractivity contribution in [3.63, 3.8) is 0 Å². The van der Waals surface area contributed by atoms with Gasteiger partial charge in [-0.3, -0.25) is 3.96 Å². The molecule has 2 aromatic carbocycles. The van der Waals surface area contributed by atoms with Gasteiger partial charge in [0.15, 0.2) is 0 Å². The van der Waals surface area contributed by atoms with Gasteiger partial charge in [-0.2, -0.15) is 0 Å². The van der Waals surface area contributed by atoms with E-state index >= 15 is 0 Å². The normalized spacial score (nSPS) is 14.5. The number of hydrogen-bond acceptors (Lipinski definition) is 3. The molecule has 1 aliphatic rings. The molecular weight excluding hydrogens is 356 g/mol. The Labute approximate surface area is 164 Å². The number of fused-ring (bicyclic) bond motifs is 3. The summed E-state index contributed by atoms with van der Waals surface area (Å²) in [6.07, 6.45) is 0. The number of aromatic nitrogens is 1. The Bertz CT molecular complexity index is 1080. The van der Waals surface area contributed by atoms with Crippen molar-refractivity contribution < 1.29 is 0 Å². The monoisotopic (exact) mass is 380 g/mol. The van der Waals surface area contributed by atoms with Crippen molar-refractivity contribution in [1.29, 1.82) is 0 Å². The Balaban J connectivity index is 2.01. The molecule has 2 nitrogen and oxygen atoms in total. The lowest BCUT2D eigenvalue weighted by Gasteiger charge is -2.34. The second-order valence-electron chi connectivity index (χ2n) is 7.97. The highest BCUT2D eigenvalue weighted by molar-refractivity contribution is 7.71. The van der Waals surface area contributed by atoms with E-state index < -0.39 is 0 Å². The standard InChI is InChI=1S/C22H24N2S2/c1-12-7-13(2)9-16(8-12)24-21(25)19-17-10-14(3)15(4)11-18(17)22(5,6)23-20(19)26-24/h7-11,23H,1-6H3. The minimum absolute atomic E-state index is 0.117. The molecule has 0 radical (unpaired) electrons. The molecule has 0 amide bonds. The third-order valence-electron chi connectivity index (χ3n) is 5.25. The molecule has 134 valence electrons. The van der Waals surface area contributed by atoms with Crippen LogP contribution in [0.2, 0.25) is 0 Å². The Hall–Kier alpha value is -1.91. The molecule has 0 spiro atoms. The molecule has 4 rings (SSSR count). The molecule has 0 saturated carbocycles. The van der Waals surface area contributed by atoms with E-state index in [0.29, 0.717) is 0 Å². The largest absolute Gasteiger partial charge is 0.366 e. The van der Waals surface area contributed by atoms with Gasteiger partial charge in [0.25, 0.3) is 0 Å². The zero-order chi connectivity index (χ0) is 18.8. The highest BCUT2D eigenvalue weighted by Gasteiger charge is 2.33. The average Bonchev–Trinajstić information content (AvgIpc) is 2.84. The summed E-state index contributed by atoms with van der Waals surface area (Å²) in [4.78, 5) is 0. The number of nitrogens with zero attached hydrogens (tertiary/aromatic N) is 1. The van der Waals surface area contributed by atoms with Gasteiger partial charge in [-0.25, -0.2) is 0 Å². The predicted molar refractivity (Wildman–Crippen MR) is 116 cm³/mol. The first kappa shape index (κ1) is 17.5. The highest BCUT2D eigenvalue weighted by Crippen LogP contribution is 2.48. The SMILES string of the molecule is Cc1cc(C)cc(-n2sc3c(c2=S)-c2cc(C)c(C)cc2C(C)(C)N3)c1. The van der Waals surface area contributed by atoms with Gasteiger partial charge in [-0.05, 0) is 98.6 Å². The number of anilines is 1. The van der Waals surface area contributed by atoms with Gasteiger partial charge in [0.1, 0.15) is 9.64 Å². The van der Waals surface area contributed by atoms with E-state index in [2.05, 4.69) is 81.1 Å². The van der Waals surface area contributed by atoms with Crippen LogP contribution in [0.15, 0.2) is 30.3 Å². The van der Waals surface area contributed by atoms with E-state index in [4.69, 9.17) is 12.2 Å². The first-order chi connectivity index (χ1) is 12.2. The zero-order valence-electron chi connectivity index (χ0n) is 16.2. The smallest absolute Gasteiger partial charge is 0.130 e. The fraction of sp³-hybridized carbons (Fsp3) is 0.318. The maximum absolute atomic E-state index is 5.94. The lowest BCUT2D eigenvalue weighted by atomic mass is 9.82. The van der Waals surface area contributed by atoms with Gasteiger partial charge < -0.3 is 5.32 Å². The molecule has 0 aliphatic carbocycles. The predicted octanol–water partition coefficient (Wildman–Crippen LogP) is 6.83. The van der Waals surface area contributed by atoms with Crippen LogP contribution in [0, 0.1) is 32.3 Å².